The smallest absolute Gasteiger partial charge is 0.210 e. The molecule has 2 saturated carbocycles. The molecule has 1 heterocycles. The van der Waals surface area contributed by atoms with E-state index in [1.165, 1.54) is 19.3 Å². The van der Waals surface area contributed by atoms with E-state index in [4.69, 9.17) is 0 Å². The molecule has 3 fully saturated rings. The van der Waals surface area contributed by atoms with Crippen molar-refractivity contribution in [3.63, 3.8) is 0 Å². The first-order valence-electron chi connectivity index (χ1n) is 5.18. The van der Waals surface area contributed by atoms with Crippen LogP contribution in [0.1, 0.15) is 19.3 Å². The molecule has 1 saturated heterocycles. The Balaban J connectivity index is 1.81. The van der Waals surface area contributed by atoms with E-state index in [-0.39, 0.29) is 0 Å². The van der Waals surface area contributed by atoms with Crippen molar-refractivity contribution in [2.75, 3.05) is 20.1 Å². The molecular formula is C10H16N2O. The number of carbonyl (C=O) groups excluding carboxylic acids is 1. The number of hydrogen-bond acceptors (Lipinski definition) is 2. The van der Waals surface area contributed by atoms with Gasteiger partial charge in [0.2, 0.25) is 6.41 Å². The lowest BCUT2D eigenvalue weighted by molar-refractivity contribution is -0.136. The molecule has 0 aromatic rings. The zero-order chi connectivity index (χ0) is 9.05. The highest BCUT2D eigenvalue weighted by Gasteiger charge is 2.64. The van der Waals surface area contributed by atoms with Crippen LogP contribution in [-0.4, -0.2) is 48.4 Å². The van der Waals surface area contributed by atoms with E-state index in [1.807, 2.05) is 4.90 Å². The van der Waals surface area contributed by atoms with Gasteiger partial charge in [-0.2, -0.15) is 0 Å². The molecular weight excluding hydrogens is 164 g/mol. The highest BCUT2D eigenvalue weighted by molar-refractivity contribution is 5.49. The molecule has 3 rings (SSSR count). The summed E-state index contributed by atoms with van der Waals surface area (Å²) in [7, 11) is 2.21. The fourth-order valence-electron chi connectivity index (χ4n) is 3.33. The number of carbonyl (C=O) groups is 1. The van der Waals surface area contributed by atoms with Crippen molar-refractivity contribution in [1.82, 2.24) is 9.80 Å². The Kier molecular flexibility index (Phi) is 1.36. The van der Waals surface area contributed by atoms with Gasteiger partial charge in [-0.25, -0.2) is 0 Å². The number of amides is 1. The van der Waals surface area contributed by atoms with E-state index in [1.54, 1.807) is 0 Å². The van der Waals surface area contributed by atoms with Gasteiger partial charge in [0.1, 0.15) is 0 Å². The number of piperazine rings is 1. The van der Waals surface area contributed by atoms with Gasteiger partial charge in [-0.3, -0.25) is 9.69 Å². The van der Waals surface area contributed by atoms with Crippen LogP contribution in [0.5, 0.6) is 0 Å². The molecule has 2 unspecified atom stereocenters. The Morgan fingerprint density at radius 3 is 2.77 bits per heavy atom. The lowest BCUT2D eigenvalue weighted by Gasteiger charge is -2.57. The van der Waals surface area contributed by atoms with Crippen LogP contribution in [0.4, 0.5) is 0 Å². The second-order valence-corrected chi connectivity index (χ2v) is 4.90. The third-order valence-corrected chi connectivity index (χ3v) is 4.25. The van der Waals surface area contributed by atoms with Crippen molar-refractivity contribution in [3.8, 4) is 0 Å². The summed E-state index contributed by atoms with van der Waals surface area (Å²) >= 11 is 0. The van der Waals surface area contributed by atoms with Gasteiger partial charge < -0.3 is 4.90 Å². The van der Waals surface area contributed by atoms with Crippen LogP contribution in [0.15, 0.2) is 0 Å². The van der Waals surface area contributed by atoms with Crippen LogP contribution in [0, 0.1) is 5.41 Å². The minimum atomic E-state index is 0.541. The number of rotatable bonds is 1. The quantitative estimate of drug-likeness (QED) is 0.542. The van der Waals surface area contributed by atoms with Gasteiger partial charge in [-0.1, -0.05) is 0 Å². The van der Waals surface area contributed by atoms with Gasteiger partial charge >= 0.3 is 0 Å². The SMILES string of the molecule is CN1CCN(C=O)C2CC3(CC3)C21. The van der Waals surface area contributed by atoms with E-state index in [0.29, 0.717) is 17.5 Å². The third kappa shape index (κ3) is 0.857. The summed E-state index contributed by atoms with van der Waals surface area (Å²) in [6.45, 7) is 1.99. The van der Waals surface area contributed by atoms with E-state index < -0.39 is 0 Å². The minimum Gasteiger partial charge on any atom is -0.339 e. The van der Waals surface area contributed by atoms with Gasteiger partial charge in [0.05, 0.1) is 0 Å². The standard InChI is InChI=1S/C10H16N2O/c1-11-4-5-12(7-13)8-6-10(2-3-10)9(8)11/h7-9H,2-6H2,1H3. The molecule has 1 amide bonds. The average molecular weight is 180 g/mol. The maximum atomic E-state index is 10.8. The van der Waals surface area contributed by atoms with E-state index in [0.717, 1.165) is 19.5 Å². The molecule has 0 aromatic carbocycles. The predicted octanol–water partition coefficient (Wildman–Crippen LogP) is 0.311. The van der Waals surface area contributed by atoms with Crippen LogP contribution in [-0.2, 0) is 4.79 Å². The molecule has 72 valence electrons. The topological polar surface area (TPSA) is 23.6 Å². The Bertz CT molecular complexity index is 249. The van der Waals surface area contributed by atoms with Crippen LogP contribution in [0.2, 0.25) is 0 Å². The molecule has 13 heavy (non-hydrogen) atoms. The van der Waals surface area contributed by atoms with Crippen molar-refractivity contribution in [1.29, 1.82) is 0 Å². The first-order chi connectivity index (χ1) is 6.27. The van der Waals surface area contributed by atoms with Gasteiger partial charge in [0.15, 0.2) is 0 Å². The summed E-state index contributed by atoms with van der Waals surface area (Å²) in [5.74, 6) is 0. The van der Waals surface area contributed by atoms with Crippen molar-refractivity contribution in [3.05, 3.63) is 0 Å². The molecule has 2 aliphatic carbocycles. The average Bonchev–Trinajstić information content (AvgIpc) is 2.84. The predicted molar refractivity (Wildman–Crippen MR) is 49.3 cm³/mol. The maximum absolute atomic E-state index is 10.8. The van der Waals surface area contributed by atoms with Crippen molar-refractivity contribution < 1.29 is 4.79 Å². The second kappa shape index (κ2) is 2.27. The van der Waals surface area contributed by atoms with E-state index in [9.17, 15) is 4.79 Å². The largest absolute Gasteiger partial charge is 0.339 e. The Morgan fingerprint density at radius 2 is 2.15 bits per heavy atom. The van der Waals surface area contributed by atoms with Crippen molar-refractivity contribution in [2.45, 2.75) is 31.3 Å². The zero-order valence-corrected chi connectivity index (χ0v) is 8.07. The fraction of sp³-hybridized carbons (Fsp3) is 0.900. The normalized spacial score (nSPS) is 41.2. The molecule has 0 aromatic heterocycles. The van der Waals surface area contributed by atoms with Gasteiger partial charge in [-0.05, 0) is 31.7 Å². The number of fused-ring (bicyclic) bond motifs is 2. The molecule has 3 nitrogen and oxygen atoms in total. The van der Waals surface area contributed by atoms with Crippen molar-refractivity contribution in [2.24, 2.45) is 5.41 Å². The van der Waals surface area contributed by atoms with Crippen LogP contribution in [0.25, 0.3) is 0 Å². The molecule has 3 aliphatic rings. The van der Waals surface area contributed by atoms with Gasteiger partial charge in [0.25, 0.3) is 0 Å². The van der Waals surface area contributed by atoms with E-state index in [2.05, 4.69) is 11.9 Å². The van der Waals surface area contributed by atoms with E-state index >= 15 is 0 Å². The first kappa shape index (κ1) is 7.80. The summed E-state index contributed by atoms with van der Waals surface area (Å²) in [5.41, 5.74) is 0.640. The number of hydrogen-bond donors (Lipinski definition) is 0. The molecule has 3 heteroatoms. The monoisotopic (exact) mass is 180 g/mol. The molecule has 0 radical (unpaired) electrons. The lowest BCUT2D eigenvalue weighted by Crippen LogP contribution is -2.68. The molecule has 1 aliphatic heterocycles. The minimum absolute atomic E-state index is 0.541. The zero-order valence-electron chi connectivity index (χ0n) is 8.07. The van der Waals surface area contributed by atoms with Crippen LogP contribution >= 0.6 is 0 Å². The molecule has 2 atom stereocenters. The number of nitrogens with zero attached hydrogens (tertiary/aromatic N) is 2. The summed E-state index contributed by atoms with van der Waals surface area (Å²) in [6, 6.07) is 1.23. The molecule has 0 bridgehead atoms. The van der Waals surface area contributed by atoms with Crippen molar-refractivity contribution >= 4 is 6.41 Å². The lowest BCUT2D eigenvalue weighted by atomic mass is 9.69. The van der Waals surface area contributed by atoms with Crippen LogP contribution < -0.4 is 0 Å². The van der Waals surface area contributed by atoms with Gasteiger partial charge in [0, 0.05) is 25.2 Å². The van der Waals surface area contributed by atoms with Gasteiger partial charge in [-0.15, -0.1) is 0 Å². The summed E-state index contributed by atoms with van der Waals surface area (Å²) in [4.78, 5) is 15.3. The molecule has 0 N–H and O–H groups in total. The summed E-state index contributed by atoms with van der Waals surface area (Å²) in [6.07, 6.45) is 5.09. The highest BCUT2D eigenvalue weighted by Crippen LogP contribution is 2.63. The Morgan fingerprint density at radius 1 is 1.38 bits per heavy atom. The fourth-order valence-corrected chi connectivity index (χ4v) is 3.33. The summed E-state index contributed by atoms with van der Waals surface area (Å²) in [5, 5.41) is 0. The summed E-state index contributed by atoms with van der Waals surface area (Å²) < 4.78 is 0. The van der Waals surface area contributed by atoms with Crippen LogP contribution in [0.3, 0.4) is 0 Å². The highest BCUT2D eigenvalue weighted by atomic mass is 16.1. The Hall–Kier alpha value is -0.570. The first-order valence-corrected chi connectivity index (χ1v) is 5.18. The number of likely N-dealkylation sites (N-methyl/N-ethyl adjacent to an activating group) is 1. The Labute approximate surface area is 78.7 Å². The maximum Gasteiger partial charge on any atom is 0.210 e. The molecule has 1 spiro atoms. The third-order valence-electron chi connectivity index (χ3n) is 4.25. The second-order valence-electron chi connectivity index (χ2n) is 4.90.